The SMILES string of the molecule is CCCN(CCC)C(=O)c1ccc(NC(=O)c2cccc(OCCc3ccccc3)c2)cc1. The smallest absolute Gasteiger partial charge is 0.255 e. The lowest BCUT2D eigenvalue weighted by molar-refractivity contribution is 0.0755. The molecule has 0 saturated heterocycles. The number of nitrogens with zero attached hydrogens (tertiary/aromatic N) is 1. The first-order valence-corrected chi connectivity index (χ1v) is 11.6. The van der Waals surface area contributed by atoms with Gasteiger partial charge in [-0.15, -0.1) is 0 Å². The number of nitrogens with one attached hydrogen (secondary N) is 1. The summed E-state index contributed by atoms with van der Waals surface area (Å²) in [6.45, 7) is 6.16. The normalized spacial score (nSPS) is 10.5. The number of anilines is 1. The van der Waals surface area contributed by atoms with E-state index in [9.17, 15) is 9.59 Å². The van der Waals surface area contributed by atoms with E-state index in [2.05, 4.69) is 31.3 Å². The van der Waals surface area contributed by atoms with Gasteiger partial charge >= 0.3 is 0 Å². The molecule has 0 heterocycles. The molecule has 3 aromatic rings. The molecule has 5 nitrogen and oxygen atoms in total. The van der Waals surface area contributed by atoms with Gasteiger partial charge in [-0.3, -0.25) is 9.59 Å². The summed E-state index contributed by atoms with van der Waals surface area (Å²) in [5, 5.41) is 2.89. The van der Waals surface area contributed by atoms with Crippen LogP contribution in [0.4, 0.5) is 5.69 Å². The minimum Gasteiger partial charge on any atom is -0.493 e. The van der Waals surface area contributed by atoms with Crippen molar-refractivity contribution in [3.05, 3.63) is 95.6 Å². The van der Waals surface area contributed by atoms with E-state index in [0.717, 1.165) is 32.4 Å². The largest absolute Gasteiger partial charge is 0.493 e. The van der Waals surface area contributed by atoms with Crippen LogP contribution in [0.25, 0.3) is 0 Å². The zero-order valence-corrected chi connectivity index (χ0v) is 19.4. The number of hydrogen-bond acceptors (Lipinski definition) is 3. The van der Waals surface area contributed by atoms with Crippen LogP contribution in [-0.4, -0.2) is 36.4 Å². The molecular weight excluding hydrogens is 412 g/mol. The van der Waals surface area contributed by atoms with Crippen molar-refractivity contribution in [2.24, 2.45) is 0 Å². The quantitative estimate of drug-likeness (QED) is 0.405. The lowest BCUT2D eigenvalue weighted by Gasteiger charge is -2.21. The van der Waals surface area contributed by atoms with E-state index in [-0.39, 0.29) is 11.8 Å². The molecular formula is C28H32N2O3. The van der Waals surface area contributed by atoms with Gasteiger partial charge < -0.3 is 15.0 Å². The molecule has 3 rings (SSSR count). The zero-order chi connectivity index (χ0) is 23.5. The van der Waals surface area contributed by atoms with Crippen LogP contribution in [0.2, 0.25) is 0 Å². The average Bonchev–Trinajstić information content (AvgIpc) is 2.85. The number of ether oxygens (including phenoxy) is 1. The second-order valence-electron chi connectivity index (χ2n) is 7.94. The highest BCUT2D eigenvalue weighted by atomic mass is 16.5. The molecule has 5 heteroatoms. The highest BCUT2D eigenvalue weighted by Gasteiger charge is 2.14. The number of hydrogen-bond donors (Lipinski definition) is 1. The first-order chi connectivity index (χ1) is 16.1. The second kappa shape index (κ2) is 12.4. The fourth-order valence-electron chi connectivity index (χ4n) is 3.60. The van der Waals surface area contributed by atoms with Crippen LogP contribution in [0, 0.1) is 0 Å². The molecule has 0 atom stereocenters. The van der Waals surface area contributed by atoms with Gasteiger partial charge in [-0.1, -0.05) is 50.2 Å². The van der Waals surface area contributed by atoms with Crippen molar-refractivity contribution < 1.29 is 14.3 Å². The Kier molecular flexibility index (Phi) is 9.07. The predicted octanol–water partition coefficient (Wildman–Crippen LogP) is 5.82. The molecule has 0 aromatic heterocycles. The standard InChI is InChI=1S/C28H32N2O3/c1-3-18-30(19-4-2)28(32)23-13-15-25(16-14-23)29-27(31)24-11-8-12-26(21-24)33-20-17-22-9-6-5-7-10-22/h5-16,21H,3-4,17-20H2,1-2H3,(H,29,31). The van der Waals surface area contributed by atoms with Crippen LogP contribution < -0.4 is 10.1 Å². The molecule has 3 aromatic carbocycles. The van der Waals surface area contributed by atoms with Crippen molar-refractivity contribution in [3.63, 3.8) is 0 Å². The van der Waals surface area contributed by atoms with Crippen LogP contribution >= 0.6 is 0 Å². The Morgan fingerprint density at radius 2 is 1.52 bits per heavy atom. The van der Waals surface area contributed by atoms with E-state index in [0.29, 0.717) is 29.2 Å². The number of rotatable bonds is 11. The van der Waals surface area contributed by atoms with E-state index in [1.165, 1.54) is 5.56 Å². The molecule has 33 heavy (non-hydrogen) atoms. The molecule has 0 aliphatic rings. The average molecular weight is 445 g/mol. The van der Waals surface area contributed by atoms with Gasteiger partial charge in [0.2, 0.25) is 0 Å². The van der Waals surface area contributed by atoms with E-state index in [4.69, 9.17) is 4.74 Å². The van der Waals surface area contributed by atoms with Crippen molar-refractivity contribution in [1.82, 2.24) is 4.90 Å². The third-order valence-corrected chi connectivity index (χ3v) is 5.26. The number of carbonyl (C=O) groups is 2. The van der Waals surface area contributed by atoms with Gasteiger partial charge in [0.1, 0.15) is 5.75 Å². The van der Waals surface area contributed by atoms with Crippen LogP contribution in [0.1, 0.15) is 53.0 Å². The summed E-state index contributed by atoms with van der Waals surface area (Å²) in [5.41, 5.74) is 3.00. The summed E-state index contributed by atoms with van der Waals surface area (Å²) in [5.74, 6) is 0.463. The van der Waals surface area contributed by atoms with E-state index >= 15 is 0 Å². The Labute approximate surface area is 196 Å². The summed E-state index contributed by atoms with van der Waals surface area (Å²) in [7, 11) is 0. The summed E-state index contributed by atoms with van der Waals surface area (Å²) in [6.07, 6.45) is 2.65. The van der Waals surface area contributed by atoms with Gasteiger partial charge in [0, 0.05) is 36.3 Å². The van der Waals surface area contributed by atoms with Crippen LogP contribution in [0.5, 0.6) is 5.75 Å². The van der Waals surface area contributed by atoms with Crippen molar-refractivity contribution >= 4 is 17.5 Å². The van der Waals surface area contributed by atoms with Gasteiger partial charge in [-0.25, -0.2) is 0 Å². The van der Waals surface area contributed by atoms with Crippen molar-refractivity contribution in [2.75, 3.05) is 25.0 Å². The highest BCUT2D eigenvalue weighted by Crippen LogP contribution is 2.17. The Bertz CT molecular complexity index is 1030. The van der Waals surface area contributed by atoms with E-state index in [1.54, 1.807) is 36.4 Å². The molecule has 0 fully saturated rings. The Morgan fingerprint density at radius 1 is 0.818 bits per heavy atom. The van der Waals surface area contributed by atoms with Crippen LogP contribution in [0.3, 0.4) is 0 Å². The lowest BCUT2D eigenvalue weighted by atomic mass is 10.1. The second-order valence-corrected chi connectivity index (χ2v) is 7.94. The number of benzene rings is 3. The first-order valence-electron chi connectivity index (χ1n) is 11.6. The fourth-order valence-corrected chi connectivity index (χ4v) is 3.60. The summed E-state index contributed by atoms with van der Waals surface area (Å²) in [4.78, 5) is 27.3. The lowest BCUT2D eigenvalue weighted by Crippen LogP contribution is -2.32. The maximum absolute atomic E-state index is 12.7. The molecule has 0 unspecified atom stereocenters. The predicted molar refractivity (Wildman–Crippen MR) is 133 cm³/mol. The molecule has 1 N–H and O–H groups in total. The van der Waals surface area contributed by atoms with Crippen molar-refractivity contribution in [1.29, 1.82) is 0 Å². The van der Waals surface area contributed by atoms with E-state index in [1.807, 2.05) is 35.2 Å². The summed E-state index contributed by atoms with van der Waals surface area (Å²) in [6, 6.07) is 24.4. The van der Waals surface area contributed by atoms with Crippen LogP contribution in [0.15, 0.2) is 78.9 Å². The van der Waals surface area contributed by atoms with Gasteiger partial charge in [0.25, 0.3) is 11.8 Å². The van der Waals surface area contributed by atoms with Crippen molar-refractivity contribution in [2.45, 2.75) is 33.1 Å². The van der Waals surface area contributed by atoms with Gasteiger partial charge in [-0.2, -0.15) is 0 Å². The summed E-state index contributed by atoms with van der Waals surface area (Å²) < 4.78 is 5.83. The molecule has 0 saturated carbocycles. The van der Waals surface area contributed by atoms with Gasteiger partial charge in [0.15, 0.2) is 0 Å². The highest BCUT2D eigenvalue weighted by molar-refractivity contribution is 6.04. The molecule has 172 valence electrons. The number of carbonyl (C=O) groups excluding carboxylic acids is 2. The molecule has 0 aliphatic heterocycles. The van der Waals surface area contributed by atoms with Crippen molar-refractivity contribution in [3.8, 4) is 5.75 Å². The third-order valence-electron chi connectivity index (χ3n) is 5.26. The topological polar surface area (TPSA) is 58.6 Å². The van der Waals surface area contributed by atoms with Crippen LogP contribution in [-0.2, 0) is 6.42 Å². The Hall–Kier alpha value is -3.60. The zero-order valence-electron chi connectivity index (χ0n) is 19.4. The fraction of sp³-hybridized carbons (Fsp3) is 0.286. The first kappa shape index (κ1) is 24.1. The molecule has 0 bridgehead atoms. The van der Waals surface area contributed by atoms with Gasteiger partial charge in [-0.05, 0) is 60.9 Å². The molecule has 0 spiro atoms. The maximum atomic E-state index is 12.7. The minimum absolute atomic E-state index is 0.0249. The Morgan fingerprint density at radius 3 is 2.18 bits per heavy atom. The van der Waals surface area contributed by atoms with Gasteiger partial charge in [0.05, 0.1) is 6.61 Å². The monoisotopic (exact) mass is 444 g/mol. The molecule has 0 aliphatic carbocycles. The molecule has 0 radical (unpaired) electrons. The van der Waals surface area contributed by atoms with E-state index < -0.39 is 0 Å². The maximum Gasteiger partial charge on any atom is 0.255 e. The Balaban J connectivity index is 1.57. The minimum atomic E-state index is -0.221. The molecule has 2 amide bonds. The third kappa shape index (κ3) is 7.21. The number of amides is 2. The summed E-state index contributed by atoms with van der Waals surface area (Å²) >= 11 is 0.